The van der Waals surface area contributed by atoms with E-state index in [1.807, 2.05) is 18.2 Å². The van der Waals surface area contributed by atoms with Crippen molar-refractivity contribution < 1.29 is 4.79 Å². The predicted octanol–water partition coefficient (Wildman–Crippen LogP) is 4.76. The lowest BCUT2D eigenvalue weighted by molar-refractivity contribution is 0.0248. The number of rotatable bonds is 3. The molecular weight excluding hydrogens is 320 g/mol. The number of nitrogens with zero attached hydrogens (tertiary/aromatic N) is 1. The first-order valence-electron chi connectivity index (χ1n) is 9.84. The first kappa shape index (κ1) is 16.1. The molecule has 3 aliphatic rings. The highest BCUT2D eigenvalue weighted by molar-refractivity contribution is 6.04. The number of fused-ring (bicyclic) bond motifs is 4. The number of ketones is 1. The van der Waals surface area contributed by atoms with Gasteiger partial charge in [0.15, 0.2) is 5.78 Å². The second-order valence-electron chi connectivity index (χ2n) is 8.49. The van der Waals surface area contributed by atoms with Crippen LogP contribution in [-0.4, -0.2) is 29.3 Å². The maximum Gasteiger partial charge on any atom is 0.180 e. The van der Waals surface area contributed by atoms with Gasteiger partial charge in [-0.2, -0.15) is 0 Å². The average molecular weight is 346 g/mol. The van der Waals surface area contributed by atoms with E-state index < -0.39 is 0 Å². The number of carbonyl (C=O) groups is 1. The van der Waals surface area contributed by atoms with Gasteiger partial charge in [0.25, 0.3) is 0 Å². The number of hydrogen-bond donors (Lipinski definition) is 1. The second-order valence-corrected chi connectivity index (χ2v) is 8.49. The Kier molecular flexibility index (Phi) is 3.51. The van der Waals surface area contributed by atoms with Gasteiger partial charge in [0.1, 0.15) is 0 Å². The Morgan fingerprint density at radius 2 is 1.85 bits per heavy atom. The molecule has 134 valence electrons. The lowest BCUT2D eigenvalue weighted by Crippen LogP contribution is -2.61. The van der Waals surface area contributed by atoms with Gasteiger partial charge in [0, 0.05) is 29.5 Å². The molecule has 2 aliphatic carbocycles. The molecule has 3 nitrogen and oxygen atoms in total. The van der Waals surface area contributed by atoms with Crippen LogP contribution in [0, 0.1) is 5.92 Å². The second kappa shape index (κ2) is 5.68. The number of benzene rings is 2. The summed E-state index contributed by atoms with van der Waals surface area (Å²) in [6.07, 6.45) is 3.66. The SMILES string of the molecule is C[C@H]1[C@H]2C(=O)c3ccc(Nc4ccccc4)cc3C1(C)CCN2C1CC1. The lowest BCUT2D eigenvalue weighted by Gasteiger charge is -2.53. The molecule has 3 heteroatoms. The van der Waals surface area contributed by atoms with Crippen LogP contribution in [-0.2, 0) is 5.41 Å². The fourth-order valence-electron chi connectivity index (χ4n) is 5.09. The molecule has 26 heavy (non-hydrogen) atoms. The zero-order chi connectivity index (χ0) is 17.9. The summed E-state index contributed by atoms with van der Waals surface area (Å²) in [6, 6.07) is 17.3. The largest absolute Gasteiger partial charge is 0.356 e. The first-order valence-corrected chi connectivity index (χ1v) is 9.84. The molecule has 1 N–H and O–H groups in total. The van der Waals surface area contributed by atoms with Crippen LogP contribution in [0.1, 0.15) is 49.0 Å². The Morgan fingerprint density at radius 3 is 2.58 bits per heavy atom. The molecule has 0 aromatic heterocycles. The molecule has 1 saturated carbocycles. The van der Waals surface area contributed by atoms with E-state index in [0.29, 0.717) is 17.7 Å². The van der Waals surface area contributed by atoms with Crippen LogP contribution in [0.3, 0.4) is 0 Å². The number of nitrogens with one attached hydrogen (secondary N) is 1. The number of anilines is 2. The van der Waals surface area contributed by atoms with Gasteiger partial charge < -0.3 is 5.32 Å². The highest BCUT2D eigenvalue weighted by Crippen LogP contribution is 2.51. The fourth-order valence-corrected chi connectivity index (χ4v) is 5.09. The Balaban J connectivity index is 1.55. The molecule has 5 rings (SSSR count). The van der Waals surface area contributed by atoms with Gasteiger partial charge in [0.05, 0.1) is 6.04 Å². The summed E-state index contributed by atoms with van der Waals surface area (Å²) in [6.45, 7) is 5.71. The molecule has 3 atom stereocenters. The van der Waals surface area contributed by atoms with Gasteiger partial charge in [-0.3, -0.25) is 9.69 Å². The summed E-state index contributed by atoms with van der Waals surface area (Å²) in [5, 5.41) is 3.49. The molecule has 2 aromatic rings. The molecule has 2 aromatic carbocycles. The average Bonchev–Trinajstić information content (AvgIpc) is 3.48. The first-order chi connectivity index (χ1) is 12.6. The van der Waals surface area contributed by atoms with Crippen LogP contribution in [0.4, 0.5) is 11.4 Å². The molecule has 0 radical (unpaired) electrons. The van der Waals surface area contributed by atoms with Gasteiger partial charge in [-0.25, -0.2) is 0 Å². The summed E-state index contributed by atoms with van der Waals surface area (Å²) in [4.78, 5) is 15.8. The summed E-state index contributed by atoms with van der Waals surface area (Å²) >= 11 is 0. The summed E-state index contributed by atoms with van der Waals surface area (Å²) in [5.74, 6) is 0.701. The van der Waals surface area contributed by atoms with Crippen molar-refractivity contribution >= 4 is 17.2 Å². The molecule has 0 amide bonds. The number of likely N-dealkylation sites (tertiary alicyclic amines) is 1. The highest BCUT2D eigenvalue weighted by Gasteiger charge is 2.54. The van der Waals surface area contributed by atoms with E-state index in [-0.39, 0.29) is 11.5 Å². The van der Waals surface area contributed by atoms with Gasteiger partial charge in [-0.05, 0) is 66.5 Å². The highest BCUT2D eigenvalue weighted by atomic mass is 16.1. The van der Waals surface area contributed by atoms with Crippen LogP contribution in [0.25, 0.3) is 0 Å². The Morgan fingerprint density at radius 1 is 1.08 bits per heavy atom. The maximum absolute atomic E-state index is 13.3. The zero-order valence-corrected chi connectivity index (χ0v) is 15.5. The van der Waals surface area contributed by atoms with E-state index in [0.717, 1.165) is 29.9 Å². The number of hydrogen-bond acceptors (Lipinski definition) is 3. The van der Waals surface area contributed by atoms with E-state index in [4.69, 9.17) is 0 Å². The summed E-state index contributed by atoms with van der Waals surface area (Å²) in [7, 11) is 0. The Labute approximate surface area is 155 Å². The van der Waals surface area contributed by atoms with E-state index in [9.17, 15) is 4.79 Å². The standard InChI is InChI=1S/C23H26N2O/c1-15-21-22(26)19-11-8-17(24-16-6-4-3-5-7-16)14-20(19)23(15,2)12-13-25(21)18-9-10-18/h3-8,11,14-15,18,21,24H,9-10,12-13H2,1-2H3/t15-,21-,23?/m0/s1. The molecule has 2 bridgehead atoms. The van der Waals surface area contributed by atoms with E-state index in [1.165, 1.54) is 18.4 Å². The normalized spacial score (nSPS) is 30.8. The summed E-state index contributed by atoms with van der Waals surface area (Å²) in [5.41, 5.74) is 4.41. The van der Waals surface area contributed by atoms with E-state index in [1.54, 1.807) is 0 Å². The molecule has 0 spiro atoms. The van der Waals surface area contributed by atoms with Crippen molar-refractivity contribution in [2.75, 3.05) is 11.9 Å². The van der Waals surface area contributed by atoms with E-state index >= 15 is 0 Å². The van der Waals surface area contributed by atoms with Gasteiger partial charge in [0.2, 0.25) is 0 Å². The third kappa shape index (κ3) is 2.34. The predicted molar refractivity (Wildman–Crippen MR) is 105 cm³/mol. The molecule has 1 unspecified atom stereocenters. The van der Waals surface area contributed by atoms with Gasteiger partial charge in [-0.1, -0.05) is 32.0 Å². The third-order valence-electron chi connectivity index (χ3n) is 6.97. The summed E-state index contributed by atoms with van der Waals surface area (Å²) < 4.78 is 0. The van der Waals surface area contributed by atoms with Gasteiger partial charge >= 0.3 is 0 Å². The van der Waals surface area contributed by atoms with E-state index in [2.05, 4.69) is 54.4 Å². The monoisotopic (exact) mass is 346 g/mol. The third-order valence-corrected chi connectivity index (χ3v) is 6.97. The minimum absolute atomic E-state index is 0.0710. The van der Waals surface area contributed by atoms with Crippen molar-refractivity contribution in [3.63, 3.8) is 0 Å². The quantitative estimate of drug-likeness (QED) is 0.870. The Bertz CT molecular complexity index is 858. The molecule has 2 fully saturated rings. The fraction of sp³-hybridized carbons (Fsp3) is 0.435. The van der Waals surface area contributed by atoms with Crippen LogP contribution in [0.2, 0.25) is 0 Å². The molecule has 1 aliphatic heterocycles. The van der Waals surface area contributed by atoms with Crippen LogP contribution >= 0.6 is 0 Å². The molecular formula is C23H26N2O. The van der Waals surface area contributed by atoms with Crippen molar-refractivity contribution in [1.82, 2.24) is 4.90 Å². The van der Waals surface area contributed by atoms with Crippen molar-refractivity contribution in [2.24, 2.45) is 5.92 Å². The minimum atomic E-state index is 0.0710. The zero-order valence-electron chi connectivity index (χ0n) is 15.5. The topological polar surface area (TPSA) is 32.3 Å². The van der Waals surface area contributed by atoms with Crippen molar-refractivity contribution in [3.8, 4) is 0 Å². The lowest BCUT2D eigenvalue weighted by atomic mass is 9.58. The van der Waals surface area contributed by atoms with Crippen molar-refractivity contribution in [1.29, 1.82) is 0 Å². The molecule has 1 saturated heterocycles. The van der Waals surface area contributed by atoms with Crippen LogP contribution in [0.5, 0.6) is 0 Å². The minimum Gasteiger partial charge on any atom is -0.356 e. The van der Waals surface area contributed by atoms with Crippen LogP contribution in [0.15, 0.2) is 48.5 Å². The maximum atomic E-state index is 13.3. The molecule has 1 heterocycles. The Hall–Kier alpha value is -2.13. The number of Topliss-reactive ketones (excluding diaryl/α,β-unsaturated/α-hetero) is 1. The number of piperidine rings is 1. The smallest absolute Gasteiger partial charge is 0.180 e. The van der Waals surface area contributed by atoms with Crippen molar-refractivity contribution in [2.45, 2.75) is 50.6 Å². The van der Waals surface area contributed by atoms with Crippen molar-refractivity contribution in [3.05, 3.63) is 59.7 Å². The number of carbonyl (C=O) groups excluding carboxylic acids is 1. The number of para-hydroxylation sites is 1. The van der Waals surface area contributed by atoms with Crippen LogP contribution < -0.4 is 5.32 Å². The van der Waals surface area contributed by atoms with Gasteiger partial charge in [-0.15, -0.1) is 0 Å².